The van der Waals surface area contributed by atoms with Crippen molar-refractivity contribution in [1.29, 1.82) is 0 Å². The molecule has 0 fully saturated rings. The molecule has 2 aromatic rings. The molecule has 3 rings (SSSR count). The molecule has 1 unspecified atom stereocenters. The fraction of sp³-hybridized carbons (Fsp3) is 0.444. The third kappa shape index (κ3) is 6.78. The topological polar surface area (TPSA) is 105 Å². The Bertz CT molecular complexity index is 1020. The number of amides is 2. The number of alkyl carbamates (subject to hydrolysis) is 1. The van der Waals surface area contributed by atoms with Gasteiger partial charge in [-0.25, -0.2) is 4.79 Å². The summed E-state index contributed by atoms with van der Waals surface area (Å²) in [6.07, 6.45) is 1.46. The van der Waals surface area contributed by atoms with Gasteiger partial charge in [0.1, 0.15) is 12.6 Å². The third-order valence-corrected chi connectivity index (χ3v) is 6.95. The number of carboxylic acids is 1. The molecule has 0 bridgehead atoms. The van der Waals surface area contributed by atoms with Crippen LogP contribution in [0.3, 0.4) is 0 Å². The Labute approximate surface area is 211 Å². The summed E-state index contributed by atoms with van der Waals surface area (Å²) in [4.78, 5) is 37.1. The van der Waals surface area contributed by atoms with Crippen molar-refractivity contribution in [3.05, 3.63) is 59.7 Å². The monoisotopic (exact) mass is 498 g/mol. The van der Waals surface area contributed by atoms with Crippen molar-refractivity contribution in [2.24, 2.45) is 5.41 Å². The molecule has 0 spiro atoms. The van der Waals surface area contributed by atoms with E-state index in [2.05, 4.69) is 22.8 Å². The number of hydrogen-bond acceptors (Lipinski definition) is 5. The number of nitrogens with one attached hydrogen (secondary N) is 2. The number of ether oxygens (including phenoxy) is 1. The average Bonchev–Trinajstić information content (AvgIpc) is 3.12. The zero-order valence-corrected chi connectivity index (χ0v) is 21.5. The van der Waals surface area contributed by atoms with E-state index in [1.165, 1.54) is 0 Å². The predicted molar refractivity (Wildman–Crippen MR) is 139 cm³/mol. The van der Waals surface area contributed by atoms with E-state index in [-0.39, 0.29) is 18.9 Å². The summed E-state index contributed by atoms with van der Waals surface area (Å²) in [5.41, 5.74) is 4.05. The van der Waals surface area contributed by atoms with Crippen LogP contribution in [0, 0.1) is 5.41 Å². The first-order valence-corrected chi connectivity index (χ1v) is 13.1. The van der Waals surface area contributed by atoms with Gasteiger partial charge in [-0.05, 0) is 46.1 Å². The van der Waals surface area contributed by atoms with E-state index in [1.54, 1.807) is 11.8 Å². The summed E-state index contributed by atoms with van der Waals surface area (Å²) in [7, 11) is 0. The van der Waals surface area contributed by atoms with Crippen LogP contribution in [0.4, 0.5) is 4.79 Å². The van der Waals surface area contributed by atoms with Crippen molar-refractivity contribution >= 4 is 29.7 Å². The molecule has 0 radical (unpaired) electrons. The zero-order chi connectivity index (χ0) is 25.6. The molecule has 0 saturated carbocycles. The van der Waals surface area contributed by atoms with E-state index in [0.717, 1.165) is 22.3 Å². The summed E-state index contributed by atoms with van der Waals surface area (Å²) in [6, 6.07) is 14.8. The van der Waals surface area contributed by atoms with E-state index in [1.807, 2.05) is 63.4 Å². The lowest BCUT2D eigenvalue weighted by Gasteiger charge is -2.32. The fourth-order valence-corrected chi connectivity index (χ4v) is 4.78. The number of carbonyl (C=O) groups excluding carboxylic acids is 2. The molecule has 0 aromatic heterocycles. The minimum atomic E-state index is -0.990. The number of thioether (sulfide) groups is 1. The molecule has 3 N–H and O–H groups in total. The van der Waals surface area contributed by atoms with Gasteiger partial charge >= 0.3 is 12.1 Å². The molecule has 2 aromatic carbocycles. The van der Waals surface area contributed by atoms with Crippen LogP contribution in [0.15, 0.2) is 48.5 Å². The highest BCUT2D eigenvalue weighted by Crippen LogP contribution is 2.44. The Morgan fingerprint density at radius 3 is 2.09 bits per heavy atom. The van der Waals surface area contributed by atoms with Crippen molar-refractivity contribution in [2.75, 3.05) is 18.6 Å². The standard InChI is InChI=1S/C27H34N2O5S/c1-27(2,3)23(15-24(30)31)29-25(32)22(13-14-35-4)28-26(33)34-16-21-19-11-7-5-9-17(19)18-10-6-8-12-20(18)21/h5-12,21-23H,13-16H2,1-4H3,(H,28,33)(H,29,32)(H,30,31)/t22-,23?/m0/s1. The lowest BCUT2D eigenvalue weighted by atomic mass is 9.84. The number of benzene rings is 2. The van der Waals surface area contributed by atoms with Gasteiger partial charge < -0.3 is 20.5 Å². The van der Waals surface area contributed by atoms with E-state index < -0.39 is 35.5 Å². The lowest BCUT2D eigenvalue weighted by molar-refractivity contribution is -0.138. The van der Waals surface area contributed by atoms with Crippen LogP contribution in [-0.4, -0.2) is 53.8 Å². The second-order valence-electron chi connectivity index (χ2n) is 9.83. The van der Waals surface area contributed by atoms with Crippen molar-refractivity contribution < 1.29 is 24.2 Å². The van der Waals surface area contributed by atoms with Crippen molar-refractivity contribution in [3.8, 4) is 11.1 Å². The van der Waals surface area contributed by atoms with Crippen LogP contribution in [0.2, 0.25) is 0 Å². The fourth-order valence-electron chi connectivity index (χ4n) is 4.31. The smallest absolute Gasteiger partial charge is 0.407 e. The van der Waals surface area contributed by atoms with E-state index in [0.29, 0.717) is 12.2 Å². The van der Waals surface area contributed by atoms with Gasteiger partial charge in [-0.15, -0.1) is 0 Å². The van der Waals surface area contributed by atoms with Gasteiger partial charge in [0, 0.05) is 12.0 Å². The van der Waals surface area contributed by atoms with Gasteiger partial charge in [0.05, 0.1) is 6.42 Å². The zero-order valence-electron chi connectivity index (χ0n) is 20.7. The van der Waals surface area contributed by atoms with Crippen LogP contribution in [-0.2, 0) is 14.3 Å². The molecular weight excluding hydrogens is 464 g/mol. The molecule has 188 valence electrons. The summed E-state index contributed by atoms with van der Waals surface area (Å²) >= 11 is 1.56. The number of carboxylic acid groups (broad SMARTS) is 1. The van der Waals surface area contributed by atoms with Gasteiger partial charge in [0.25, 0.3) is 0 Å². The normalized spacial score (nSPS) is 14.4. The third-order valence-electron chi connectivity index (χ3n) is 6.30. The molecule has 0 aliphatic heterocycles. The van der Waals surface area contributed by atoms with Crippen LogP contribution in [0.1, 0.15) is 50.7 Å². The Balaban J connectivity index is 1.67. The van der Waals surface area contributed by atoms with E-state index in [4.69, 9.17) is 4.74 Å². The maximum Gasteiger partial charge on any atom is 0.407 e. The highest BCUT2D eigenvalue weighted by Gasteiger charge is 2.32. The summed E-state index contributed by atoms with van der Waals surface area (Å²) in [5, 5.41) is 14.8. The van der Waals surface area contributed by atoms with Gasteiger partial charge in [-0.2, -0.15) is 11.8 Å². The summed E-state index contributed by atoms with van der Waals surface area (Å²) in [5.74, 6) is -0.822. The lowest BCUT2D eigenvalue weighted by Crippen LogP contribution is -2.53. The molecule has 2 amide bonds. The number of carbonyl (C=O) groups is 3. The maximum absolute atomic E-state index is 13.0. The minimum Gasteiger partial charge on any atom is -0.481 e. The van der Waals surface area contributed by atoms with Crippen molar-refractivity contribution in [1.82, 2.24) is 10.6 Å². The number of rotatable bonds is 10. The average molecular weight is 499 g/mol. The number of aliphatic carboxylic acids is 1. The van der Waals surface area contributed by atoms with Crippen LogP contribution in [0.25, 0.3) is 11.1 Å². The Morgan fingerprint density at radius 2 is 1.57 bits per heavy atom. The predicted octanol–water partition coefficient (Wildman–Crippen LogP) is 4.65. The molecule has 0 heterocycles. The van der Waals surface area contributed by atoms with E-state index >= 15 is 0 Å². The minimum absolute atomic E-state index is 0.0764. The first kappa shape index (κ1) is 26.6. The molecular formula is C27H34N2O5S. The summed E-state index contributed by atoms with van der Waals surface area (Å²) < 4.78 is 5.61. The SMILES string of the molecule is CSCC[C@H](NC(=O)OCC1c2ccccc2-c2ccccc21)C(=O)NC(CC(=O)O)C(C)(C)C. The molecule has 2 atom stereocenters. The molecule has 1 aliphatic carbocycles. The van der Waals surface area contributed by atoms with Gasteiger partial charge in [0.2, 0.25) is 5.91 Å². The highest BCUT2D eigenvalue weighted by molar-refractivity contribution is 7.98. The van der Waals surface area contributed by atoms with E-state index in [9.17, 15) is 19.5 Å². The number of fused-ring (bicyclic) bond motifs is 3. The first-order valence-electron chi connectivity index (χ1n) is 11.7. The Hall–Kier alpha value is -3.00. The largest absolute Gasteiger partial charge is 0.481 e. The van der Waals surface area contributed by atoms with Crippen molar-refractivity contribution in [3.63, 3.8) is 0 Å². The Kier molecular flexibility index (Phi) is 8.83. The Morgan fingerprint density at radius 1 is 1.00 bits per heavy atom. The second kappa shape index (κ2) is 11.6. The van der Waals surface area contributed by atoms with Gasteiger partial charge in [-0.1, -0.05) is 69.3 Å². The van der Waals surface area contributed by atoms with Gasteiger partial charge in [-0.3, -0.25) is 9.59 Å². The quantitative estimate of drug-likeness (QED) is 0.440. The van der Waals surface area contributed by atoms with Crippen LogP contribution < -0.4 is 10.6 Å². The molecule has 0 saturated heterocycles. The van der Waals surface area contributed by atoms with Crippen molar-refractivity contribution in [2.45, 2.75) is 51.6 Å². The summed E-state index contributed by atoms with van der Waals surface area (Å²) in [6.45, 7) is 5.77. The molecule has 7 nitrogen and oxygen atoms in total. The van der Waals surface area contributed by atoms with Crippen LogP contribution >= 0.6 is 11.8 Å². The van der Waals surface area contributed by atoms with Crippen LogP contribution in [0.5, 0.6) is 0 Å². The molecule has 1 aliphatic rings. The molecule has 8 heteroatoms. The number of hydrogen-bond donors (Lipinski definition) is 3. The molecule has 35 heavy (non-hydrogen) atoms. The first-order chi connectivity index (χ1) is 16.6. The highest BCUT2D eigenvalue weighted by atomic mass is 32.2. The maximum atomic E-state index is 13.0. The van der Waals surface area contributed by atoms with Gasteiger partial charge in [0.15, 0.2) is 0 Å². The second-order valence-corrected chi connectivity index (χ2v) is 10.8.